The van der Waals surface area contributed by atoms with Gasteiger partial charge in [-0.3, -0.25) is 4.79 Å². The van der Waals surface area contributed by atoms with Gasteiger partial charge in [0.25, 0.3) is 0 Å². The second kappa shape index (κ2) is 6.77. The first-order valence-electron chi connectivity index (χ1n) is 9.32. The number of anilines is 1. The van der Waals surface area contributed by atoms with Crippen molar-refractivity contribution in [2.75, 3.05) is 18.5 Å². The van der Waals surface area contributed by atoms with E-state index in [4.69, 9.17) is 15.5 Å². The number of nitrogens with two attached hydrogens (primary N) is 1. The quantitative estimate of drug-likeness (QED) is 0.799. The highest BCUT2D eigenvalue weighted by Gasteiger charge is 2.36. The van der Waals surface area contributed by atoms with Gasteiger partial charge in [-0.1, -0.05) is 19.3 Å². The van der Waals surface area contributed by atoms with Crippen LogP contribution in [0.4, 0.5) is 5.69 Å². The molecule has 4 N–H and O–H groups in total. The molecule has 6 nitrogen and oxygen atoms in total. The van der Waals surface area contributed by atoms with Crippen LogP contribution in [0.15, 0.2) is 18.2 Å². The number of benzene rings is 1. The van der Waals surface area contributed by atoms with Crippen LogP contribution in [0.5, 0.6) is 0 Å². The topological polar surface area (TPSA) is 93.0 Å². The first kappa shape index (κ1) is 16.5. The van der Waals surface area contributed by atoms with E-state index in [0.717, 1.165) is 22.5 Å². The maximum Gasteiger partial charge on any atom is 0.244 e. The number of hydrogen-bond acceptors (Lipinski definition) is 4. The monoisotopic (exact) mass is 342 g/mol. The summed E-state index contributed by atoms with van der Waals surface area (Å²) in [6, 6.07) is 5.81. The fourth-order valence-corrected chi connectivity index (χ4v) is 3.89. The first-order valence-corrected chi connectivity index (χ1v) is 9.32. The molecule has 1 amide bonds. The normalized spacial score (nSPS) is 21.3. The van der Waals surface area contributed by atoms with Gasteiger partial charge in [-0.2, -0.15) is 0 Å². The van der Waals surface area contributed by atoms with Crippen LogP contribution in [-0.4, -0.2) is 34.6 Å². The third-order valence-corrected chi connectivity index (χ3v) is 5.59. The number of nitrogens with zero attached hydrogens (tertiary/aromatic N) is 1. The van der Waals surface area contributed by atoms with Crippen molar-refractivity contribution in [3.8, 4) is 0 Å². The van der Waals surface area contributed by atoms with Gasteiger partial charge in [-0.05, 0) is 43.9 Å². The fraction of sp³-hybridized carbons (Fsp3) is 0.579. The first-order chi connectivity index (χ1) is 12.1. The summed E-state index contributed by atoms with van der Waals surface area (Å²) < 4.78 is 5.31. The van der Waals surface area contributed by atoms with Gasteiger partial charge in [-0.15, -0.1) is 0 Å². The molecule has 2 heterocycles. The molecule has 1 saturated carbocycles. The Bertz CT molecular complexity index is 758. The highest BCUT2D eigenvalue weighted by atomic mass is 16.5. The highest BCUT2D eigenvalue weighted by molar-refractivity contribution is 5.99. The van der Waals surface area contributed by atoms with Gasteiger partial charge < -0.3 is 20.8 Å². The molecule has 0 radical (unpaired) electrons. The van der Waals surface area contributed by atoms with Crippen molar-refractivity contribution in [3.05, 3.63) is 24.0 Å². The number of hydrogen-bond donors (Lipinski definition) is 3. The maximum absolute atomic E-state index is 12.6. The molecule has 2 fully saturated rings. The van der Waals surface area contributed by atoms with Gasteiger partial charge >= 0.3 is 0 Å². The molecule has 1 saturated heterocycles. The van der Waals surface area contributed by atoms with E-state index >= 15 is 0 Å². The molecule has 2 aliphatic rings. The third kappa shape index (κ3) is 3.41. The minimum absolute atomic E-state index is 0.137. The van der Waals surface area contributed by atoms with Crippen LogP contribution in [0.2, 0.25) is 0 Å². The number of H-pyrrole nitrogens is 1. The minimum Gasteiger partial charge on any atom is -0.381 e. The molecule has 0 unspecified atom stereocenters. The number of amides is 1. The summed E-state index contributed by atoms with van der Waals surface area (Å²) in [7, 11) is 0. The third-order valence-electron chi connectivity index (χ3n) is 5.59. The highest BCUT2D eigenvalue weighted by Crippen LogP contribution is 2.32. The SMILES string of the molecule is NC1(C(=O)Nc2ccc3nc(C4CCCCC4)[nH]c3c2)CCOCC1. The van der Waals surface area contributed by atoms with Gasteiger partial charge in [-0.25, -0.2) is 4.98 Å². The van der Waals surface area contributed by atoms with E-state index in [1.54, 1.807) is 0 Å². The molecule has 0 bridgehead atoms. The number of carbonyl (C=O) groups excluding carboxylic acids is 1. The van der Waals surface area contributed by atoms with Crippen LogP contribution in [0.3, 0.4) is 0 Å². The summed E-state index contributed by atoms with van der Waals surface area (Å²) >= 11 is 0. The lowest BCUT2D eigenvalue weighted by atomic mass is 9.89. The average molecular weight is 342 g/mol. The number of ether oxygens (including phenoxy) is 1. The van der Waals surface area contributed by atoms with E-state index < -0.39 is 5.54 Å². The van der Waals surface area contributed by atoms with Gasteiger partial charge in [0.05, 0.1) is 11.0 Å². The Morgan fingerprint density at radius 3 is 2.76 bits per heavy atom. The van der Waals surface area contributed by atoms with Crippen LogP contribution in [0.25, 0.3) is 11.0 Å². The molecule has 1 aliphatic heterocycles. The van der Waals surface area contributed by atoms with E-state index in [1.807, 2.05) is 18.2 Å². The predicted octanol–water partition coefficient (Wildman–Crippen LogP) is 3.06. The predicted molar refractivity (Wildman–Crippen MR) is 97.5 cm³/mol. The Labute approximate surface area is 147 Å². The lowest BCUT2D eigenvalue weighted by molar-refractivity contribution is -0.124. The largest absolute Gasteiger partial charge is 0.381 e. The number of aromatic amines is 1. The average Bonchev–Trinajstić information content (AvgIpc) is 3.06. The van der Waals surface area contributed by atoms with Crippen LogP contribution in [0, 0.1) is 0 Å². The zero-order valence-corrected chi connectivity index (χ0v) is 14.5. The van der Waals surface area contributed by atoms with E-state index in [0.29, 0.717) is 32.0 Å². The van der Waals surface area contributed by atoms with E-state index in [2.05, 4.69) is 10.3 Å². The van der Waals surface area contributed by atoms with Crippen LogP contribution < -0.4 is 11.1 Å². The van der Waals surface area contributed by atoms with Crippen molar-refractivity contribution in [3.63, 3.8) is 0 Å². The number of nitrogens with one attached hydrogen (secondary N) is 2. The molecular formula is C19H26N4O2. The second-order valence-electron chi connectivity index (χ2n) is 7.41. The van der Waals surface area contributed by atoms with E-state index in [9.17, 15) is 4.79 Å². The van der Waals surface area contributed by atoms with Crippen LogP contribution >= 0.6 is 0 Å². The molecule has 0 spiro atoms. The molecule has 25 heavy (non-hydrogen) atoms. The van der Waals surface area contributed by atoms with Gasteiger partial charge in [0, 0.05) is 24.8 Å². The van der Waals surface area contributed by atoms with Crippen molar-refractivity contribution >= 4 is 22.6 Å². The molecule has 1 aromatic carbocycles. The standard InChI is InChI=1S/C19H26N4O2/c20-19(8-10-25-11-9-19)18(24)21-14-6-7-15-16(12-14)23-17(22-15)13-4-2-1-3-5-13/h6-7,12-13H,1-5,8-11,20H2,(H,21,24)(H,22,23). The molecule has 0 atom stereocenters. The molecule has 2 aromatic rings. The Morgan fingerprint density at radius 1 is 1.24 bits per heavy atom. The molecule has 1 aliphatic carbocycles. The number of imidazole rings is 1. The molecule has 4 rings (SSSR count). The summed E-state index contributed by atoms with van der Waals surface area (Å²) in [4.78, 5) is 20.8. The molecule has 6 heteroatoms. The summed E-state index contributed by atoms with van der Waals surface area (Å²) in [5.41, 5.74) is 8.09. The summed E-state index contributed by atoms with van der Waals surface area (Å²) in [6.45, 7) is 1.07. The number of fused-ring (bicyclic) bond motifs is 1. The Balaban J connectivity index is 1.51. The molecule has 1 aromatic heterocycles. The zero-order valence-electron chi connectivity index (χ0n) is 14.5. The van der Waals surface area contributed by atoms with E-state index in [-0.39, 0.29) is 5.91 Å². The van der Waals surface area contributed by atoms with E-state index in [1.165, 1.54) is 32.1 Å². The van der Waals surface area contributed by atoms with Crippen molar-refractivity contribution in [1.82, 2.24) is 9.97 Å². The van der Waals surface area contributed by atoms with Crippen molar-refractivity contribution < 1.29 is 9.53 Å². The Morgan fingerprint density at radius 2 is 2.00 bits per heavy atom. The Hall–Kier alpha value is -1.92. The van der Waals surface area contributed by atoms with Crippen molar-refractivity contribution in [2.45, 2.75) is 56.4 Å². The Kier molecular flexibility index (Phi) is 4.48. The van der Waals surface area contributed by atoms with Crippen LogP contribution in [-0.2, 0) is 9.53 Å². The fourth-order valence-electron chi connectivity index (χ4n) is 3.89. The number of aromatic nitrogens is 2. The van der Waals surface area contributed by atoms with Gasteiger partial charge in [0.15, 0.2) is 0 Å². The van der Waals surface area contributed by atoms with Crippen LogP contribution in [0.1, 0.15) is 56.7 Å². The summed E-state index contributed by atoms with van der Waals surface area (Å²) in [6.07, 6.45) is 7.42. The maximum atomic E-state index is 12.6. The minimum atomic E-state index is -0.839. The zero-order chi connectivity index (χ0) is 17.3. The van der Waals surface area contributed by atoms with Crippen molar-refractivity contribution in [1.29, 1.82) is 0 Å². The number of rotatable bonds is 3. The molecular weight excluding hydrogens is 316 g/mol. The summed E-state index contributed by atoms with van der Waals surface area (Å²) in [5.74, 6) is 1.48. The number of carbonyl (C=O) groups is 1. The lowest BCUT2D eigenvalue weighted by Crippen LogP contribution is -2.54. The van der Waals surface area contributed by atoms with Gasteiger partial charge in [0.1, 0.15) is 11.4 Å². The lowest BCUT2D eigenvalue weighted by Gasteiger charge is -2.31. The molecule has 134 valence electrons. The summed E-state index contributed by atoms with van der Waals surface area (Å²) in [5, 5.41) is 2.97. The second-order valence-corrected chi connectivity index (χ2v) is 7.41. The van der Waals surface area contributed by atoms with Gasteiger partial charge in [0.2, 0.25) is 5.91 Å². The smallest absolute Gasteiger partial charge is 0.244 e. The van der Waals surface area contributed by atoms with Crippen molar-refractivity contribution in [2.24, 2.45) is 5.73 Å².